The first-order valence-electron chi connectivity index (χ1n) is 8.25. The number of carbonyl (C=O) groups excluding carboxylic acids is 2. The fraction of sp³-hybridized carbons (Fsp3) is 0.263. The Kier molecular flexibility index (Phi) is 5.25. The summed E-state index contributed by atoms with van der Waals surface area (Å²) >= 11 is 0. The van der Waals surface area contributed by atoms with E-state index in [4.69, 9.17) is 0 Å². The summed E-state index contributed by atoms with van der Waals surface area (Å²) in [4.78, 5) is 27.9. The molecule has 0 unspecified atom stereocenters. The molecule has 1 heterocycles. The van der Waals surface area contributed by atoms with Crippen LogP contribution in [0, 0.1) is 17.5 Å². The molecule has 26 heavy (non-hydrogen) atoms. The van der Waals surface area contributed by atoms with Gasteiger partial charge in [-0.1, -0.05) is 12.1 Å². The first kappa shape index (κ1) is 18.0. The smallest absolute Gasteiger partial charge is 0.256 e. The lowest BCUT2D eigenvalue weighted by Gasteiger charge is -2.22. The largest absolute Gasteiger partial charge is 0.337 e. The van der Waals surface area contributed by atoms with Crippen LogP contribution in [-0.2, 0) is 0 Å². The van der Waals surface area contributed by atoms with Gasteiger partial charge in [-0.3, -0.25) is 9.59 Å². The normalized spacial score (nSPS) is 14.9. The highest BCUT2D eigenvalue weighted by atomic mass is 19.1. The molecule has 3 rings (SSSR count). The van der Waals surface area contributed by atoms with E-state index < -0.39 is 29.3 Å². The minimum atomic E-state index is -0.918. The SMILES string of the molecule is O=C(c1ccccc1F)N1CCCN(C(=O)c2ccc(F)cc2F)CC1. The molecule has 0 bridgehead atoms. The summed E-state index contributed by atoms with van der Waals surface area (Å²) in [6.45, 7) is 1.09. The Labute approximate surface area is 148 Å². The van der Waals surface area contributed by atoms with Crippen LogP contribution in [0.3, 0.4) is 0 Å². The van der Waals surface area contributed by atoms with Crippen LogP contribution in [-0.4, -0.2) is 47.8 Å². The Morgan fingerprint density at radius 1 is 0.731 bits per heavy atom. The molecule has 0 aromatic heterocycles. The van der Waals surface area contributed by atoms with Gasteiger partial charge in [-0.2, -0.15) is 0 Å². The predicted molar refractivity (Wildman–Crippen MR) is 89.2 cm³/mol. The summed E-state index contributed by atoms with van der Waals surface area (Å²) < 4.78 is 40.7. The Balaban J connectivity index is 1.71. The van der Waals surface area contributed by atoms with Gasteiger partial charge in [0.1, 0.15) is 17.5 Å². The molecule has 1 fully saturated rings. The van der Waals surface area contributed by atoms with Gasteiger partial charge in [0.15, 0.2) is 0 Å². The lowest BCUT2D eigenvalue weighted by Crippen LogP contribution is -2.37. The zero-order valence-corrected chi connectivity index (χ0v) is 13.9. The van der Waals surface area contributed by atoms with E-state index in [1.54, 1.807) is 6.07 Å². The molecule has 0 radical (unpaired) electrons. The number of nitrogens with zero attached hydrogens (tertiary/aromatic N) is 2. The van der Waals surface area contributed by atoms with Crippen molar-refractivity contribution >= 4 is 11.8 Å². The number of halogens is 3. The van der Waals surface area contributed by atoms with E-state index in [2.05, 4.69) is 0 Å². The maximum absolute atomic E-state index is 13.8. The molecule has 1 aliphatic rings. The summed E-state index contributed by atoms with van der Waals surface area (Å²) in [7, 11) is 0. The summed E-state index contributed by atoms with van der Waals surface area (Å²) in [5.74, 6) is -3.26. The maximum Gasteiger partial charge on any atom is 0.256 e. The van der Waals surface area contributed by atoms with Crippen molar-refractivity contribution in [2.75, 3.05) is 26.2 Å². The van der Waals surface area contributed by atoms with Crippen LogP contribution < -0.4 is 0 Å². The maximum atomic E-state index is 13.8. The molecule has 1 saturated heterocycles. The van der Waals surface area contributed by atoms with Crippen molar-refractivity contribution in [2.45, 2.75) is 6.42 Å². The third kappa shape index (κ3) is 3.71. The monoisotopic (exact) mass is 362 g/mol. The molecular weight excluding hydrogens is 345 g/mol. The molecule has 0 N–H and O–H groups in total. The second-order valence-electron chi connectivity index (χ2n) is 6.04. The Morgan fingerprint density at radius 3 is 1.88 bits per heavy atom. The molecule has 0 spiro atoms. The summed E-state index contributed by atoms with van der Waals surface area (Å²) in [5, 5.41) is 0. The first-order valence-corrected chi connectivity index (χ1v) is 8.25. The van der Waals surface area contributed by atoms with Crippen molar-refractivity contribution < 1.29 is 22.8 Å². The van der Waals surface area contributed by atoms with Gasteiger partial charge in [0.2, 0.25) is 0 Å². The molecule has 0 saturated carbocycles. The van der Waals surface area contributed by atoms with E-state index in [0.717, 1.165) is 12.1 Å². The number of rotatable bonds is 2. The molecular formula is C19H17F3N2O2. The summed E-state index contributed by atoms with van der Waals surface area (Å²) in [6.07, 6.45) is 0.481. The molecule has 1 aliphatic heterocycles. The van der Waals surface area contributed by atoms with Crippen molar-refractivity contribution in [3.63, 3.8) is 0 Å². The molecule has 7 heteroatoms. The summed E-state index contributed by atoms with van der Waals surface area (Å²) in [6, 6.07) is 8.53. The molecule has 136 valence electrons. The molecule has 0 aliphatic carbocycles. The van der Waals surface area contributed by atoms with Gasteiger partial charge in [0, 0.05) is 32.2 Å². The van der Waals surface area contributed by atoms with E-state index in [1.165, 1.54) is 28.0 Å². The van der Waals surface area contributed by atoms with Gasteiger partial charge < -0.3 is 9.80 Å². The number of benzene rings is 2. The van der Waals surface area contributed by atoms with Gasteiger partial charge in [-0.05, 0) is 30.7 Å². The van der Waals surface area contributed by atoms with Crippen LogP contribution in [0.5, 0.6) is 0 Å². The van der Waals surface area contributed by atoms with Crippen molar-refractivity contribution in [3.8, 4) is 0 Å². The average molecular weight is 362 g/mol. The molecule has 4 nitrogen and oxygen atoms in total. The lowest BCUT2D eigenvalue weighted by molar-refractivity contribution is 0.0713. The Bertz CT molecular complexity index is 841. The Hall–Kier alpha value is -2.83. The lowest BCUT2D eigenvalue weighted by atomic mass is 10.1. The van der Waals surface area contributed by atoms with Crippen LogP contribution in [0.4, 0.5) is 13.2 Å². The molecule has 2 aromatic carbocycles. The van der Waals surface area contributed by atoms with Gasteiger partial charge in [0.25, 0.3) is 11.8 Å². The van der Waals surface area contributed by atoms with Crippen molar-refractivity contribution in [1.29, 1.82) is 0 Å². The van der Waals surface area contributed by atoms with E-state index >= 15 is 0 Å². The Morgan fingerprint density at radius 2 is 1.31 bits per heavy atom. The van der Waals surface area contributed by atoms with Gasteiger partial charge >= 0.3 is 0 Å². The van der Waals surface area contributed by atoms with Crippen molar-refractivity contribution in [2.24, 2.45) is 0 Å². The standard InChI is InChI=1S/C19H17F3N2O2/c20-13-6-7-15(17(22)12-13)19(26)24-9-3-8-23(10-11-24)18(25)14-4-1-2-5-16(14)21/h1-2,4-7,12H,3,8-11H2. The number of carbonyl (C=O) groups is 2. The zero-order valence-electron chi connectivity index (χ0n) is 13.9. The van der Waals surface area contributed by atoms with E-state index in [0.29, 0.717) is 25.6 Å². The van der Waals surface area contributed by atoms with Crippen molar-refractivity contribution in [1.82, 2.24) is 9.80 Å². The topological polar surface area (TPSA) is 40.6 Å². The highest BCUT2D eigenvalue weighted by Gasteiger charge is 2.26. The van der Waals surface area contributed by atoms with E-state index in [9.17, 15) is 22.8 Å². The molecule has 2 aromatic rings. The second-order valence-corrected chi connectivity index (χ2v) is 6.04. The second kappa shape index (κ2) is 7.59. The third-order valence-corrected chi connectivity index (χ3v) is 4.34. The fourth-order valence-electron chi connectivity index (χ4n) is 2.96. The van der Waals surface area contributed by atoms with Crippen LogP contribution in [0.15, 0.2) is 42.5 Å². The van der Waals surface area contributed by atoms with Gasteiger partial charge in [-0.15, -0.1) is 0 Å². The van der Waals surface area contributed by atoms with Crippen LogP contribution in [0.1, 0.15) is 27.1 Å². The van der Waals surface area contributed by atoms with Crippen LogP contribution >= 0.6 is 0 Å². The van der Waals surface area contributed by atoms with Crippen LogP contribution in [0.2, 0.25) is 0 Å². The molecule has 2 amide bonds. The summed E-state index contributed by atoms with van der Waals surface area (Å²) in [5.41, 5.74) is -0.225. The van der Waals surface area contributed by atoms with E-state index in [1.807, 2.05) is 0 Å². The third-order valence-electron chi connectivity index (χ3n) is 4.34. The number of amides is 2. The minimum absolute atomic E-state index is 0.0168. The fourth-order valence-corrected chi connectivity index (χ4v) is 2.96. The molecule has 0 atom stereocenters. The predicted octanol–water partition coefficient (Wildman–Crippen LogP) is 3.09. The number of hydrogen-bond donors (Lipinski definition) is 0. The number of hydrogen-bond acceptors (Lipinski definition) is 2. The highest BCUT2D eigenvalue weighted by Crippen LogP contribution is 2.16. The van der Waals surface area contributed by atoms with Crippen molar-refractivity contribution in [3.05, 3.63) is 71.0 Å². The highest BCUT2D eigenvalue weighted by molar-refractivity contribution is 5.95. The van der Waals surface area contributed by atoms with Gasteiger partial charge in [-0.25, -0.2) is 13.2 Å². The minimum Gasteiger partial charge on any atom is -0.337 e. The van der Waals surface area contributed by atoms with Gasteiger partial charge in [0.05, 0.1) is 11.1 Å². The van der Waals surface area contributed by atoms with E-state index in [-0.39, 0.29) is 24.2 Å². The quantitative estimate of drug-likeness (QED) is 0.824. The zero-order chi connectivity index (χ0) is 18.7. The average Bonchev–Trinajstić information content (AvgIpc) is 2.87. The van der Waals surface area contributed by atoms with Crippen LogP contribution in [0.25, 0.3) is 0 Å². The first-order chi connectivity index (χ1) is 12.5.